The van der Waals surface area contributed by atoms with E-state index < -0.39 is 0 Å². The van der Waals surface area contributed by atoms with Crippen LogP contribution in [0.5, 0.6) is 5.75 Å². The number of Topliss-reactive ketones (excluding diaryl/α,β-unsaturated/α-hetero) is 1. The molecule has 0 aliphatic carbocycles. The van der Waals surface area contributed by atoms with Crippen molar-refractivity contribution in [1.82, 2.24) is 5.32 Å². The molecule has 1 rings (SSSR count). The van der Waals surface area contributed by atoms with Crippen molar-refractivity contribution in [3.63, 3.8) is 0 Å². The van der Waals surface area contributed by atoms with Crippen LogP contribution < -0.4 is 10.1 Å². The maximum absolute atomic E-state index is 10.9. The fraction of sp³-hybridized carbons (Fsp3) is 0.533. The average molecular weight is 265 g/mol. The van der Waals surface area contributed by atoms with Crippen molar-refractivity contribution in [3.8, 4) is 5.75 Å². The Morgan fingerprint density at radius 3 is 2.63 bits per heavy atom. The number of rotatable bonds is 9. The van der Waals surface area contributed by atoms with Crippen molar-refractivity contribution < 1.29 is 14.6 Å². The Hall–Kier alpha value is -1.39. The number of aliphatic hydroxyl groups excluding tert-OH is 1. The second kappa shape index (κ2) is 8.67. The van der Waals surface area contributed by atoms with Crippen LogP contribution in [0.1, 0.15) is 25.8 Å². The van der Waals surface area contributed by atoms with Crippen LogP contribution in [0.2, 0.25) is 0 Å². The molecule has 0 aliphatic heterocycles. The summed E-state index contributed by atoms with van der Waals surface area (Å²) in [7, 11) is 0. The van der Waals surface area contributed by atoms with Gasteiger partial charge in [0.2, 0.25) is 0 Å². The lowest BCUT2D eigenvalue weighted by Gasteiger charge is -2.09. The summed E-state index contributed by atoms with van der Waals surface area (Å²) < 4.78 is 5.56. The summed E-state index contributed by atoms with van der Waals surface area (Å²) in [5, 5.41) is 12.1. The number of ketones is 1. The zero-order chi connectivity index (χ0) is 14.1. The Balaban J connectivity index is 2.22. The number of hydrogen-bond donors (Lipinski definition) is 2. The fourth-order valence-electron chi connectivity index (χ4n) is 1.62. The lowest BCUT2D eigenvalue weighted by Crippen LogP contribution is -2.28. The highest BCUT2D eigenvalue weighted by Gasteiger charge is 1.99. The van der Waals surface area contributed by atoms with Gasteiger partial charge in [0.15, 0.2) is 0 Å². The van der Waals surface area contributed by atoms with Crippen LogP contribution in [0.3, 0.4) is 0 Å². The van der Waals surface area contributed by atoms with Gasteiger partial charge in [-0.05, 0) is 38.0 Å². The first-order valence-electron chi connectivity index (χ1n) is 6.68. The first-order chi connectivity index (χ1) is 9.08. The number of carbonyl (C=O) groups excluding carboxylic acids is 1. The van der Waals surface area contributed by atoms with Gasteiger partial charge in [-0.2, -0.15) is 0 Å². The highest BCUT2D eigenvalue weighted by Crippen LogP contribution is 2.13. The lowest BCUT2D eigenvalue weighted by molar-refractivity contribution is -0.116. The molecule has 106 valence electrons. The van der Waals surface area contributed by atoms with Gasteiger partial charge in [0.1, 0.15) is 18.1 Å². The summed E-state index contributed by atoms with van der Waals surface area (Å²) in [5.41, 5.74) is 1.15. The highest BCUT2D eigenvalue weighted by atomic mass is 16.5. The van der Waals surface area contributed by atoms with Crippen molar-refractivity contribution in [2.75, 3.05) is 19.7 Å². The van der Waals surface area contributed by atoms with Crippen LogP contribution in [0, 0.1) is 0 Å². The van der Waals surface area contributed by atoms with Gasteiger partial charge in [-0.3, -0.25) is 0 Å². The number of carbonyl (C=O) groups is 1. The number of benzene rings is 1. The van der Waals surface area contributed by atoms with E-state index in [4.69, 9.17) is 9.84 Å². The van der Waals surface area contributed by atoms with E-state index in [1.807, 2.05) is 24.3 Å². The van der Waals surface area contributed by atoms with Crippen LogP contribution in [-0.4, -0.2) is 36.7 Å². The quantitative estimate of drug-likeness (QED) is 0.665. The van der Waals surface area contributed by atoms with E-state index in [-0.39, 0.29) is 11.9 Å². The zero-order valence-corrected chi connectivity index (χ0v) is 11.7. The molecule has 19 heavy (non-hydrogen) atoms. The lowest BCUT2D eigenvalue weighted by atomic mass is 10.1. The molecule has 0 fully saturated rings. The standard InChI is InChI=1S/C15H23NO3/c1-12(17)3-4-14-5-7-15(8-6-14)19-10-9-16-11-13(2)18/h5-8,13,16,18H,3-4,9-11H2,1-2H3/t13-/m0/s1. The molecular formula is C15H23NO3. The number of nitrogens with one attached hydrogen (secondary N) is 1. The molecule has 0 saturated heterocycles. The molecule has 1 atom stereocenters. The van der Waals surface area contributed by atoms with Gasteiger partial charge in [0, 0.05) is 19.5 Å². The minimum Gasteiger partial charge on any atom is -0.492 e. The molecule has 0 amide bonds. The van der Waals surface area contributed by atoms with Crippen molar-refractivity contribution in [2.45, 2.75) is 32.8 Å². The van der Waals surface area contributed by atoms with Gasteiger partial charge >= 0.3 is 0 Å². The van der Waals surface area contributed by atoms with Crippen molar-refractivity contribution in [1.29, 1.82) is 0 Å². The number of aliphatic hydroxyl groups is 1. The molecule has 2 N–H and O–H groups in total. The summed E-state index contributed by atoms with van der Waals surface area (Å²) >= 11 is 0. The molecule has 0 heterocycles. The second-order valence-electron chi connectivity index (χ2n) is 4.75. The summed E-state index contributed by atoms with van der Waals surface area (Å²) in [6.07, 6.45) is 1.04. The van der Waals surface area contributed by atoms with E-state index in [1.165, 1.54) is 0 Å². The van der Waals surface area contributed by atoms with Crippen LogP contribution in [0.4, 0.5) is 0 Å². The zero-order valence-electron chi connectivity index (χ0n) is 11.7. The van der Waals surface area contributed by atoms with Gasteiger partial charge in [0.25, 0.3) is 0 Å². The van der Waals surface area contributed by atoms with E-state index in [2.05, 4.69) is 5.32 Å². The molecule has 0 aliphatic rings. The minimum absolute atomic E-state index is 0.213. The van der Waals surface area contributed by atoms with E-state index in [1.54, 1.807) is 13.8 Å². The van der Waals surface area contributed by atoms with Gasteiger partial charge in [0.05, 0.1) is 6.10 Å². The normalized spacial score (nSPS) is 12.2. The average Bonchev–Trinajstić information content (AvgIpc) is 2.37. The van der Waals surface area contributed by atoms with Crippen molar-refractivity contribution in [3.05, 3.63) is 29.8 Å². The molecule has 1 aromatic carbocycles. The van der Waals surface area contributed by atoms with Crippen LogP contribution >= 0.6 is 0 Å². The molecule has 0 spiro atoms. The Morgan fingerprint density at radius 2 is 2.05 bits per heavy atom. The van der Waals surface area contributed by atoms with Crippen LogP contribution in [0.15, 0.2) is 24.3 Å². The molecule has 0 radical (unpaired) electrons. The smallest absolute Gasteiger partial charge is 0.130 e. The van der Waals surface area contributed by atoms with E-state index in [0.29, 0.717) is 26.1 Å². The van der Waals surface area contributed by atoms with Crippen molar-refractivity contribution >= 4 is 5.78 Å². The maximum Gasteiger partial charge on any atom is 0.130 e. The third-order valence-corrected chi connectivity index (χ3v) is 2.68. The molecule has 4 nitrogen and oxygen atoms in total. The monoisotopic (exact) mass is 265 g/mol. The van der Waals surface area contributed by atoms with Crippen LogP contribution in [-0.2, 0) is 11.2 Å². The van der Waals surface area contributed by atoms with Gasteiger partial charge in [-0.25, -0.2) is 0 Å². The minimum atomic E-state index is -0.333. The van der Waals surface area contributed by atoms with Gasteiger partial charge in [-0.1, -0.05) is 12.1 Å². The second-order valence-corrected chi connectivity index (χ2v) is 4.75. The Kier molecular flexibility index (Phi) is 7.15. The summed E-state index contributed by atoms with van der Waals surface area (Å²) in [5.74, 6) is 1.04. The summed E-state index contributed by atoms with van der Waals surface area (Å²) in [6.45, 7) is 5.20. The highest BCUT2D eigenvalue weighted by molar-refractivity contribution is 5.75. The van der Waals surface area contributed by atoms with Gasteiger partial charge < -0.3 is 20.0 Å². The van der Waals surface area contributed by atoms with Gasteiger partial charge in [-0.15, -0.1) is 0 Å². The largest absolute Gasteiger partial charge is 0.492 e. The molecule has 1 aromatic rings. The van der Waals surface area contributed by atoms with Crippen molar-refractivity contribution in [2.24, 2.45) is 0 Å². The SMILES string of the molecule is CC(=O)CCc1ccc(OCCNC[C@H](C)O)cc1. The Morgan fingerprint density at radius 1 is 1.37 bits per heavy atom. The fourth-order valence-corrected chi connectivity index (χ4v) is 1.62. The summed E-state index contributed by atoms with van der Waals surface area (Å²) in [6, 6.07) is 7.82. The predicted molar refractivity (Wildman–Crippen MR) is 75.5 cm³/mol. The van der Waals surface area contributed by atoms with E-state index in [9.17, 15) is 4.79 Å². The summed E-state index contributed by atoms with van der Waals surface area (Å²) in [4.78, 5) is 10.9. The number of ether oxygens (including phenoxy) is 1. The topological polar surface area (TPSA) is 58.6 Å². The maximum atomic E-state index is 10.9. The number of aryl methyl sites for hydroxylation is 1. The molecule has 0 bridgehead atoms. The Labute approximate surface area is 114 Å². The molecule has 0 unspecified atom stereocenters. The molecule has 0 aromatic heterocycles. The molecule has 0 saturated carbocycles. The van der Waals surface area contributed by atoms with Crippen LogP contribution in [0.25, 0.3) is 0 Å². The van der Waals surface area contributed by atoms with E-state index in [0.717, 1.165) is 17.7 Å². The first kappa shape index (κ1) is 15.7. The third kappa shape index (κ3) is 7.59. The predicted octanol–water partition coefficient (Wildman–Crippen LogP) is 1.56. The first-order valence-corrected chi connectivity index (χ1v) is 6.68. The number of hydrogen-bond acceptors (Lipinski definition) is 4. The van der Waals surface area contributed by atoms with E-state index >= 15 is 0 Å². The molecule has 4 heteroatoms. The Bertz CT molecular complexity index is 373. The third-order valence-electron chi connectivity index (χ3n) is 2.68. The molecular weight excluding hydrogens is 242 g/mol.